The van der Waals surface area contributed by atoms with Gasteiger partial charge in [0.2, 0.25) is 10.0 Å². The molecule has 31 heavy (non-hydrogen) atoms. The number of anilines is 1. The lowest BCUT2D eigenvalue weighted by Crippen LogP contribution is -2.54. The number of carbonyl (C=O) groups is 1. The molecule has 0 bridgehead atoms. The Bertz CT molecular complexity index is 1160. The number of ether oxygens (including phenoxy) is 1. The summed E-state index contributed by atoms with van der Waals surface area (Å²) in [6.45, 7) is 3.95. The zero-order chi connectivity index (χ0) is 22.2. The van der Waals surface area contributed by atoms with E-state index in [9.17, 15) is 18.7 Å². The summed E-state index contributed by atoms with van der Waals surface area (Å²) in [6.07, 6.45) is -0.803. The number of hydrogen-bond donors (Lipinski definition) is 0. The van der Waals surface area contributed by atoms with Gasteiger partial charge in [0.05, 0.1) is 22.7 Å². The van der Waals surface area contributed by atoms with Crippen LogP contribution in [-0.4, -0.2) is 38.1 Å². The first-order valence-electron chi connectivity index (χ1n) is 10.1. The Morgan fingerprint density at radius 3 is 2.65 bits per heavy atom. The van der Waals surface area contributed by atoms with Crippen molar-refractivity contribution < 1.29 is 17.9 Å². The molecule has 162 valence electrons. The number of para-hydroxylation sites is 1. The fraction of sp³-hybridized carbons (Fsp3) is 0.381. The smallest absolute Gasteiger partial charge is 0.414 e. The van der Waals surface area contributed by atoms with Crippen molar-refractivity contribution in [1.82, 2.24) is 4.31 Å². The number of fused-ring (bicyclic) bond motifs is 2. The van der Waals surface area contributed by atoms with Crippen molar-refractivity contribution in [2.45, 2.75) is 43.3 Å². The second-order valence-corrected chi connectivity index (χ2v) is 9.44. The molecule has 2 aromatic carbocycles. The van der Waals surface area contributed by atoms with Crippen molar-refractivity contribution in [2.75, 3.05) is 18.1 Å². The molecule has 0 aliphatic carbocycles. The van der Waals surface area contributed by atoms with Crippen LogP contribution in [0.3, 0.4) is 0 Å². The van der Waals surface area contributed by atoms with Crippen molar-refractivity contribution in [2.24, 2.45) is 5.11 Å². The van der Waals surface area contributed by atoms with Crippen LogP contribution >= 0.6 is 0 Å². The highest BCUT2D eigenvalue weighted by atomic mass is 32.2. The normalized spacial score (nSPS) is 22.9. The summed E-state index contributed by atoms with van der Waals surface area (Å²) in [5.74, 6) is 0. The van der Waals surface area contributed by atoms with Gasteiger partial charge in [0.25, 0.3) is 0 Å². The van der Waals surface area contributed by atoms with Crippen LogP contribution in [0.15, 0.2) is 58.5 Å². The highest BCUT2D eigenvalue weighted by Crippen LogP contribution is 2.55. The number of hydrogen-bond acceptors (Lipinski definition) is 5. The van der Waals surface area contributed by atoms with Gasteiger partial charge in [-0.2, -0.15) is 4.31 Å². The molecule has 1 saturated heterocycles. The predicted octanol–water partition coefficient (Wildman–Crippen LogP) is 4.29. The number of rotatable bonds is 4. The van der Waals surface area contributed by atoms with Gasteiger partial charge in [-0.3, -0.25) is 4.90 Å². The topological polar surface area (TPSA) is 116 Å². The van der Waals surface area contributed by atoms with Crippen LogP contribution in [0.2, 0.25) is 0 Å². The number of azide groups is 1. The minimum absolute atomic E-state index is 0.138. The average molecular weight is 442 g/mol. The van der Waals surface area contributed by atoms with Gasteiger partial charge in [0, 0.05) is 11.5 Å². The van der Waals surface area contributed by atoms with Crippen molar-refractivity contribution in [3.63, 3.8) is 0 Å². The highest BCUT2D eigenvalue weighted by molar-refractivity contribution is 7.89. The van der Waals surface area contributed by atoms with E-state index in [4.69, 9.17) is 4.74 Å². The Morgan fingerprint density at radius 1 is 1.26 bits per heavy atom. The summed E-state index contributed by atoms with van der Waals surface area (Å²) < 4.78 is 34.1. The Hall–Kier alpha value is -3.07. The molecule has 2 heterocycles. The van der Waals surface area contributed by atoms with Crippen LogP contribution in [0, 0.1) is 6.92 Å². The molecule has 0 saturated carbocycles. The van der Waals surface area contributed by atoms with Crippen LogP contribution in [0.25, 0.3) is 10.4 Å². The quantitative estimate of drug-likeness (QED) is 0.400. The van der Waals surface area contributed by atoms with E-state index in [-0.39, 0.29) is 18.0 Å². The third kappa shape index (κ3) is 3.15. The Morgan fingerprint density at radius 2 is 1.97 bits per heavy atom. The Balaban J connectivity index is 1.93. The average Bonchev–Trinajstić information content (AvgIpc) is 3.31. The van der Waals surface area contributed by atoms with Crippen LogP contribution in [0.1, 0.15) is 30.9 Å². The predicted molar refractivity (Wildman–Crippen MR) is 115 cm³/mol. The fourth-order valence-electron chi connectivity index (χ4n) is 4.64. The Labute approximate surface area is 180 Å². The van der Waals surface area contributed by atoms with Gasteiger partial charge in [-0.15, -0.1) is 0 Å². The molecule has 0 radical (unpaired) electrons. The summed E-state index contributed by atoms with van der Waals surface area (Å²) in [6, 6.07) is 13.7. The van der Waals surface area contributed by atoms with E-state index < -0.39 is 27.8 Å². The summed E-state index contributed by atoms with van der Waals surface area (Å²) in [5, 5.41) is 3.93. The number of sulfonamides is 1. The first-order valence-corrected chi connectivity index (χ1v) is 11.5. The van der Waals surface area contributed by atoms with Gasteiger partial charge in [-0.25, -0.2) is 13.2 Å². The minimum atomic E-state index is -3.93. The molecule has 2 aliphatic heterocycles. The van der Waals surface area contributed by atoms with E-state index in [0.29, 0.717) is 24.1 Å². The first kappa shape index (κ1) is 21.2. The molecular weight excluding hydrogens is 418 g/mol. The monoisotopic (exact) mass is 441 g/mol. The molecule has 1 amide bonds. The third-order valence-electron chi connectivity index (χ3n) is 5.90. The Kier molecular flexibility index (Phi) is 5.38. The molecule has 1 spiro atoms. The molecule has 9 nitrogen and oxygen atoms in total. The maximum absolute atomic E-state index is 13.7. The molecule has 4 rings (SSSR count). The molecule has 2 atom stereocenters. The lowest BCUT2D eigenvalue weighted by Gasteiger charge is -2.39. The zero-order valence-corrected chi connectivity index (χ0v) is 18.1. The van der Waals surface area contributed by atoms with Crippen LogP contribution < -0.4 is 4.90 Å². The lowest BCUT2D eigenvalue weighted by molar-refractivity contribution is 0.147. The van der Waals surface area contributed by atoms with Crippen LogP contribution in [-0.2, 0) is 20.3 Å². The summed E-state index contributed by atoms with van der Waals surface area (Å²) in [5.41, 5.74) is 10.2. The maximum atomic E-state index is 13.7. The second-order valence-electron chi connectivity index (χ2n) is 7.58. The summed E-state index contributed by atoms with van der Waals surface area (Å²) in [7, 11) is -3.93. The highest BCUT2D eigenvalue weighted by Gasteiger charge is 2.61. The molecular formula is C21H23N5O4S. The number of aryl methyl sites for hydroxylation is 1. The molecule has 10 heteroatoms. The number of amides is 1. The third-order valence-corrected chi connectivity index (χ3v) is 7.86. The molecule has 2 aromatic rings. The maximum Gasteiger partial charge on any atom is 0.414 e. The van der Waals surface area contributed by atoms with E-state index in [0.717, 1.165) is 5.56 Å². The fourth-order valence-corrected chi connectivity index (χ4v) is 6.45. The van der Waals surface area contributed by atoms with Crippen molar-refractivity contribution >= 4 is 21.8 Å². The summed E-state index contributed by atoms with van der Waals surface area (Å²) in [4.78, 5) is 17.3. The standard InChI is InChI=1S/C21H23N5O4S/c1-3-30-20(27)26-18-8-5-4-7-17(18)21(19(26)23-24-22)13-6-14-25(21)31(28,29)16-11-9-15(2)10-12-16/h4-5,7-12,19H,3,6,13-14H2,1-2H3/t19-,21-/m1/s1. The molecule has 0 unspecified atom stereocenters. The van der Waals surface area contributed by atoms with Gasteiger partial charge >= 0.3 is 6.09 Å². The number of nitrogens with zero attached hydrogens (tertiary/aromatic N) is 5. The lowest BCUT2D eigenvalue weighted by atomic mass is 9.88. The van der Waals surface area contributed by atoms with E-state index in [1.54, 1.807) is 55.5 Å². The molecule has 1 fully saturated rings. The number of carbonyl (C=O) groups excluding carboxylic acids is 1. The first-order chi connectivity index (χ1) is 14.9. The van der Waals surface area contributed by atoms with Gasteiger partial charge in [0.1, 0.15) is 6.17 Å². The van der Waals surface area contributed by atoms with Gasteiger partial charge in [-0.05, 0) is 56.0 Å². The number of benzene rings is 2. The van der Waals surface area contributed by atoms with Crippen LogP contribution in [0.4, 0.5) is 10.5 Å². The van der Waals surface area contributed by atoms with Crippen LogP contribution in [0.5, 0.6) is 0 Å². The molecule has 0 aromatic heterocycles. The van der Waals surface area contributed by atoms with Gasteiger partial charge in [0.15, 0.2) is 0 Å². The molecule has 0 N–H and O–H groups in total. The SMILES string of the molecule is CCOC(=O)N1c2ccccc2[C@]2(CCCN2S(=O)(=O)c2ccc(C)cc2)[C@@H]1N=[N+]=[N-]. The zero-order valence-electron chi connectivity index (χ0n) is 17.3. The minimum Gasteiger partial charge on any atom is -0.449 e. The molecule has 2 aliphatic rings. The van der Waals surface area contributed by atoms with E-state index in [1.807, 2.05) is 6.92 Å². The second kappa shape index (κ2) is 7.88. The van der Waals surface area contributed by atoms with Crippen molar-refractivity contribution in [3.05, 3.63) is 70.1 Å². The van der Waals surface area contributed by atoms with Crippen molar-refractivity contribution in [1.29, 1.82) is 0 Å². The summed E-state index contributed by atoms with van der Waals surface area (Å²) >= 11 is 0. The van der Waals surface area contributed by atoms with Crippen molar-refractivity contribution in [3.8, 4) is 0 Å². The largest absolute Gasteiger partial charge is 0.449 e. The van der Waals surface area contributed by atoms with Gasteiger partial charge < -0.3 is 4.74 Å². The van der Waals surface area contributed by atoms with Gasteiger partial charge in [-0.1, -0.05) is 41.0 Å². The van der Waals surface area contributed by atoms with E-state index >= 15 is 0 Å². The van der Waals surface area contributed by atoms with E-state index in [2.05, 4.69) is 10.0 Å². The van der Waals surface area contributed by atoms with E-state index in [1.165, 1.54) is 9.21 Å².